The van der Waals surface area contributed by atoms with Gasteiger partial charge in [0.25, 0.3) is 0 Å². The fourth-order valence-corrected chi connectivity index (χ4v) is 4.48. The number of nitrogens with one attached hydrogen (secondary N) is 1. The number of rotatable bonds is 4. The van der Waals surface area contributed by atoms with Crippen LogP contribution in [0.25, 0.3) is 0 Å². The van der Waals surface area contributed by atoms with E-state index in [9.17, 15) is 0 Å². The molecule has 96 valence electrons. The Labute approximate surface area is 114 Å². The standard InChI is InChI=1S/C14H22ClNS/c1-6-16-10(11-9(15)7-8-17-11)12-13(2,3)14(12,4)5/h7-8,10,12,16H,6H2,1-5H3. The van der Waals surface area contributed by atoms with Gasteiger partial charge < -0.3 is 5.32 Å². The third kappa shape index (κ3) is 1.94. The van der Waals surface area contributed by atoms with Crippen LogP contribution in [0.15, 0.2) is 11.4 Å². The summed E-state index contributed by atoms with van der Waals surface area (Å²) in [4.78, 5) is 1.30. The van der Waals surface area contributed by atoms with Gasteiger partial charge in [-0.25, -0.2) is 0 Å². The number of thiophene rings is 1. The summed E-state index contributed by atoms with van der Waals surface area (Å²) in [5.74, 6) is 0.658. The number of hydrogen-bond acceptors (Lipinski definition) is 2. The second-order valence-corrected chi connectivity index (χ2v) is 7.44. The third-order valence-corrected chi connectivity index (χ3v) is 6.26. The van der Waals surface area contributed by atoms with Crippen LogP contribution in [0.4, 0.5) is 0 Å². The predicted molar refractivity (Wildman–Crippen MR) is 76.8 cm³/mol. The minimum Gasteiger partial charge on any atom is -0.309 e. The predicted octanol–water partition coefficient (Wildman–Crippen LogP) is 4.73. The Morgan fingerprint density at radius 2 is 1.94 bits per heavy atom. The van der Waals surface area contributed by atoms with Gasteiger partial charge in [0, 0.05) is 10.9 Å². The van der Waals surface area contributed by atoms with Crippen molar-refractivity contribution in [2.75, 3.05) is 6.54 Å². The Hall–Kier alpha value is -0.0500. The Kier molecular flexibility index (Phi) is 3.35. The van der Waals surface area contributed by atoms with E-state index < -0.39 is 0 Å². The molecular weight excluding hydrogens is 250 g/mol. The summed E-state index contributed by atoms with van der Waals surface area (Å²) in [5.41, 5.74) is 0.764. The third-order valence-electron chi connectivity index (χ3n) is 4.82. The molecule has 1 saturated carbocycles. The van der Waals surface area contributed by atoms with Gasteiger partial charge in [-0.15, -0.1) is 11.3 Å². The molecule has 1 aliphatic carbocycles. The Morgan fingerprint density at radius 1 is 1.35 bits per heavy atom. The van der Waals surface area contributed by atoms with Gasteiger partial charge in [-0.1, -0.05) is 46.2 Å². The molecule has 0 spiro atoms. The molecule has 0 radical (unpaired) electrons. The van der Waals surface area contributed by atoms with Crippen LogP contribution in [0.1, 0.15) is 45.5 Å². The molecule has 1 aliphatic rings. The quantitative estimate of drug-likeness (QED) is 0.834. The van der Waals surface area contributed by atoms with Crippen LogP contribution in [0.5, 0.6) is 0 Å². The maximum absolute atomic E-state index is 6.30. The van der Waals surface area contributed by atoms with Gasteiger partial charge >= 0.3 is 0 Å². The molecule has 0 aromatic carbocycles. The van der Waals surface area contributed by atoms with Gasteiger partial charge in [0.15, 0.2) is 0 Å². The second-order valence-electron chi connectivity index (χ2n) is 6.09. The van der Waals surface area contributed by atoms with Gasteiger partial charge in [0.1, 0.15) is 0 Å². The summed E-state index contributed by atoms with van der Waals surface area (Å²) in [5, 5.41) is 6.63. The molecule has 1 unspecified atom stereocenters. The van der Waals surface area contributed by atoms with Crippen molar-refractivity contribution < 1.29 is 0 Å². The van der Waals surface area contributed by atoms with Crippen LogP contribution < -0.4 is 5.32 Å². The van der Waals surface area contributed by atoms with Gasteiger partial charge in [-0.3, -0.25) is 0 Å². The fraction of sp³-hybridized carbons (Fsp3) is 0.714. The summed E-state index contributed by atoms with van der Waals surface area (Å²) in [6.45, 7) is 12.6. The molecule has 0 bridgehead atoms. The maximum atomic E-state index is 6.30. The Morgan fingerprint density at radius 3 is 2.29 bits per heavy atom. The first-order chi connectivity index (χ1) is 7.84. The maximum Gasteiger partial charge on any atom is 0.0561 e. The lowest BCUT2D eigenvalue weighted by Gasteiger charge is -2.19. The molecule has 1 aromatic heterocycles. The minimum atomic E-state index is 0.382. The highest BCUT2D eigenvalue weighted by Gasteiger charge is 2.67. The van der Waals surface area contributed by atoms with E-state index in [4.69, 9.17) is 11.6 Å². The van der Waals surface area contributed by atoms with Crippen LogP contribution >= 0.6 is 22.9 Å². The molecule has 0 amide bonds. The second kappa shape index (κ2) is 4.25. The number of hydrogen-bond donors (Lipinski definition) is 1. The lowest BCUT2D eigenvalue weighted by Crippen LogP contribution is -2.24. The zero-order chi connectivity index (χ0) is 12.8. The fourth-order valence-electron chi connectivity index (χ4n) is 3.19. The van der Waals surface area contributed by atoms with Crippen molar-refractivity contribution in [2.45, 2.75) is 40.7 Å². The van der Waals surface area contributed by atoms with Gasteiger partial charge in [0.2, 0.25) is 0 Å². The molecule has 1 fully saturated rings. The van der Waals surface area contributed by atoms with E-state index in [1.54, 1.807) is 11.3 Å². The Balaban J connectivity index is 2.30. The molecule has 0 aliphatic heterocycles. The largest absolute Gasteiger partial charge is 0.309 e. The lowest BCUT2D eigenvalue weighted by atomic mass is 10.0. The first-order valence-electron chi connectivity index (χ1n) is 6.30. The minimum absolute atomic E-state index is 0.382. The van der Waals surface area contributed by atoms with Crippen LogP contribution in [-0.4, -0.2) is 6.54 Å². The van der Waals surface area contributed by atoms with Crippen molar-refractivity contribution in [3.8, 4) is 0 Å². The van der Waals surface area contributed by atoms with Crippen LogP contribution in [0, 0.1) is 16.7 Å². The SMILES string of the molecule is CCNC(c1sccc1Cl)C1C(C)(C)C1(C)C. The van der Waals surface area contributed by atoms with Gasteiger partial charge in [-0.05, 0) is 34.7 Å². The average Bonchev–Trinajstić information content (AvgIpc) is 2.56. The molecule has 17 heavy (non-hydrogen) atoms. The molecule has 1 atom stereocenters. The summed E-state index contributed by atoms with van der Waals surface area (Å²) < 4.78 is 0. The van der Waals surface area contributed by atoms with Crippen molar-refractivity contribution in [3.05, 3.63) is 21.3 Å². The normalized spacial score (nSPS) is 23.6. The molecule has 1 heterocycles. The van der Waals surface area contributed by atoms with Crippen molar-refractivity contribution in [1.29, 1.82) is 0 Å². The van der Waals surface area contributed by atoms with E-state index in [1.165, 1.54) is 4.88 Å². The van der Waals surface area contributed by atoms with Crippen LogP contribution in [0.3, 0.4) is 0 Å². The highest BCUT2D eigenvalue weighted by Crippen LogP contribution is 2.72. The van der Waals surface area contributed by atoms with E-state index in [2.05, 4.69) is 45.3 Å². The Bertz CT molecular complexity index is 394. The molecule has 1 N–H and O–H groups in total. The van der Waals surface area contributed by atoms with Crippen molar-refractivity contribution in [2.24, 2.45) is 16.7 Å². The molecule has 1 aromatic rings. The smallest absolute Gasteiger partial charge is 0.0561 e. The highest BCUT2D eigenvalue weighted by molar-refractivity contribution is 7.10. The van der Waals surface area contributed by atoms with Crippen LogP contribution in [-0.2, 0) is 0 Å². The first kappa shape index (κ1) is 13.4. The molecule has 1 nitrogen and oxygen atoms in total. The molecular formula is C14H22ClNS. The molecule has 3 heteroatoms. The average molecular weight is 272 g/mol. The number of halogens is 1. The van der Waals surface area contributed by atoms with E-state index in [0.29, 0.717) is 22.8 Å². The topological polar surface area (TPSA) is 12.0 Å². The first-order valence-corrected chi connectivity index (χ1v) is 7.56. The summed E-state index contributed by atoms with van der Waals surface area (Å²) in [6.07, 6.45) is 0. The highest BCUT2D eigenvalue weighted by atomic mass is 35.5. The van der Waals surface area contributed by atoms with Gasteiger partial charge in [-0.2, -0.15) is 0 Å². The lowest BCUT2D eigenvalue weighted by molar-refractivity contribution is 0.424. The van der Waals surface area contributed by atoms with Crippen molar-refractivity contribution in [1.82, 2.24) is 5.32 Å². The summed E-state index contributed by atoms with van der Waals surface area (Å²) in [7, 11) is 0. The van der Waals surface area contributed by atoms with Crippen LogP contribution in [0.2, 0.25) is 5.02 Å². The van der Waals surface area contributed by atoms with E-state index in [1.807, 2.05) is 6.07 Å². The molecule has 2 rings (SSSR count). The van der Waals surface area contributed by atoms with E-state index >= 15 is 0 Å². The van der Waals surface area contributed by atoms with E-state index in [0.717, 1.165) is 11.6 Å². The van der Waals surface area contributed by atoms with E-state index in [-0.39, 0.29) is 0 Å². The summed E-state index contributed by atoms with van der Waals surface area (Å²) >= 11 is 8.07. The molecule has 0 saturated heterocycles. The zero-order valence-corrected chi connectivity index (χ0v) is 12.9. The zero-order valence-electron chi connectivity index (χ0n) is 11.3. The monoisotopic (exact) mass is 271 g/mol. The van der Waals surface area contributed by atoms with Crippen molar-refractivity contribution in [3.63, 3.8) is 0 Å². The summed E-state index contributed by atoms with van der Waals surface area (Å²) in [6, 6.07) is 2.41. The van der Waals surface area contributed by atoms with Gasteiger partial charge in [0.05, 0.1) is 5.02 Å². The van der Waals surface area contributed by atoms with Crippen molar-refractivity contribution >= 4 is 22.9 Å².